The van der Waals surface area contributed by atoms with Gasteiger partial charge in [-0.05, 0) is 32.4 Å². The third-order valence-corrected chi connectivity index (χ3v) is 2.93. The van der Waals surface area contributed by atoms with Crippen molar-refractivity contribution in [3.05, 3.63) is 34.9 Å². The molecule has 0 heterocycles. The van der Waals surface area contributed by atoms with Crippen LogP contribution in [0.3, 0.4) is 0 Å². The molecule has 0 fully saturated rings. The van der Waals surface area contributed by atoms with E-state index in [2.05, 4.69) is 18.7 Å². The first-order valence-electron chi connectivity index (χ1n) is 5.66. The third kappa shape index (κ3) is 4.12. The van der Waals surface area contributed by atoms with E-state index in [1.54, 1.807) is 0 Å². The zero-order chi connectivity index (χ0) is 12.1. The fraction of sp³-hybridized carbons (Fsp3) is 0.538. The molecule has 2 nitrogen and oxygen atoms in total. The van der Waals surface area contributed by atoms with E-state index >= 15 is 0 Å². The van der Waals surface area contributed by atoms with Crippen molar-refractivity contribution in [1.29, 1.82) is 0 Å². The van der Waals surface area contributed by atoms with Crippen LogP contribution < -0.4 is 0 Å². The highest BCUT2D eigenvalue weighted by Gasteiger charge is 2.13. The molecular formula is C13H20ClNO. The molecule has 0 saturated carbocycles. The standard InChI is InChI=1S/C13H20ClNO/c1-10(2)15(8-11(3)16)9-12-6-4-5-7-13(12)14/h4-7,10-11,16H,8-9H2,1-3H3. The summed E-state index contributed by atoms with van der Waals surface area (Å²) in [7, 11) is 0. The average Bonchev–Trinajstić information content (AvgIpc) is 2.19. The molecule has 1 rings (SSSR count). The lowest BCUT2D eigenvalue weighted by Crippen LogP contribution is -2.36. The molecule has 1 aromatic rings. The number of benzene rings is 1. The fourth-order valence-corrected chi connectivity index (χ4v) is 1.84. The molecule has 0 aromatic heterocycles. The molecule has 3 heteroatoms. The van der Waals surface area contributed by atoms with E-state index in [1.807, 2.05) is 31.2 Å². The topological polar surface area (TPSA) is 23.5 Å². The average molecular weight is 242 g/mol. The lowest BCUT2D eigenvalue weighted by atomic mass is 10.1. The van der Waals surface area contributed by atoms with Crippen LogP contribution in [0.1, 0.15) is 26.3 Å². The van der Waals surface area contributed by atoms with Crippen LogP contribution in [0.5, 0.6) is 0 Å². The highest BCUT2D eigenvalue weighted by Crippen LogP contribution is 2.18. The number of aliphatic hydroxyl groups excluding tert-OH is 1. The molecule has 1 N–H and O–H groups in total. The Labute approximate surface area is 103 Å². The maximum Gasteiger partial charge on any atom is 0.0639 e. The van der Waals surface area contributed by atoms with Crippen molar-refractivity contribution in [2.75, 3.05) is 6.54 Å². The summed E-state index contributed by atoms with van der Waals surface area (Å²) < 4.78 is 0. The first-order chi connectivity index (χ1) is 7.50. The van der Waals surface area contributed by atoms with E-state index in [1.165, 1.54) is 0 Å². The highest BCUT2D eigenvalue weighted by molar-refractivity contribution is 6.31. The normalized spacial score (nSPS) is 13.4. The van der Waals surface area contributed by atoms with Crippen LogP contribution in [0, 0.1) is 0 Å². The Morgan fingerprint density at radius 3 is 2.38 bits per heavy atom. The number of halogens is 1. The van der Waals surface area contributed by atoms with Gasteiger partial charge in [0.15, 0.2) is 0 Å². The monoisotopic (exact) mass is 241 g/mol. The van der Waals surface area contributed by atoms with Crippen LogP contribution in [-0.4, -0.2) is 28.7 Å². The second-order valence-electron chi connectivity index (χ2n) is 4.46. The molecule has 0 aliphatic carbocycles. The second-order valence-corrected chi connectivity index (χ2v) is 4.87. The minimum atomic E-state index is -0.315. The van der Waals surface area contributed by atoms with Crippen LogP contribution in [0.4, 0.5) is 0 Å². The van der Waals surface area contributed by atoms with E-state index in [0.717, 1.165) is 17.1 Å². The van der Waals surface area contributed by atoms with Gasteiger partial charge in [-0.15, -0.1) is 0 Å². The molecule has 1 aromatic carbocycles. The van der Waals surface area contributed by atoms with E-state index in [9.17, 15) is 5.11 Å². The van der Waals surface area contributed by atoms with Gasteiger partial charge >= 0.3 is 0 Å². The number of hydrogen-bond acceptors (Lipinski definition) is 2. The minimum absolute atomic E-state index is 0.315. The summed E-state index contributed by atoms with van der Waals surface area (Å²) in [5.74, 6) is 0. The van der Waals surface area contributed by atoms with Gasteiger partial charge < -0.3 is 5.11 Å². The zero-order valence-electron chi connectivity index (χ0n) is 10.2. The van der Waals surface area contributed by atoms with Crippen molar-refractivity contribution in [3.8, 4) is 0 Å². The molecule has 1 unspecified atom stereocenters. The summed E-state index contributed by atoms with van der Waals surface area (Å²) in [5, 5.41) is 10.2. The Morgan fingerprint density at radius 1 is 1.25 bits per heavy atom. The van der Waals surface area contributed by atoms with E-state index in [-0.39, 0.29) is 6.10 Å². The Hall–Kier alpha value is -0.570. The summed E-state index contributed by atoms with van der Waals surface area (Å²) in [4.78, 5) is 2.21. The number of rotatable bonds is 5. The van der Waals surface area contributed by atoms with Crippen molar-refractivity contribution in [2.24, 2.45) is 0 Å². The molecule has 0 aliphatic heterocycles. The van der Waals surface area contributed by atoms with Crippen molar-refractivity contribution in [3.63, 3.8) is 0 Å². The zero-order valence-corrected chi connectivity index (χ0v) is 10.9. The Balaban J connectivity index is 2.72. The van der Waals surface area contributed by atoms with Crippen molar-refractivity contribution >= 4 is 11.6 Å². The Morgan fingerprint density at radius 2 is 1.88 bits per heavy atom. The van der Waals surface area contributed by atoms with Crippen LogP contribution in [0.15, 0.2) is 24.3 Å². The summed E-state index contributed by atoms with van der Waals surface area (Å²) in [6.45, 7) is 7.51. The highest BCUT2D eigenvalue weighted by atomic mass is 35.5. The summed E-state index contributed by atoms with van der Waals surface area (Å²) in [6.07, 6.45) is -0.315. The molecule has 0 spiro atoms. The van der Waals surface area contributed by atoms with Gasteiger partial charge in [0.1, 0.15) is 0 Å². The van der Waals surface area contributed by atoms with Gasteiger partial charge in [0.05, 0.1) is 6.10 Å². The Kier molecular flexibility index (Phi) is 5.26. The minimum Gasteiger partial charge on any atom is -0.392 e. The lowest BCUT2D eigenvalue weighted by molar-refractivity contribution is 0.103. The first kappa shape index (κ1) is 13.5. The number of nitrogens with zero attached hydrogens (tertiary/aromatic N) is 1. The smallest absolute Gasteiger partial charge is 0.0639 e. The van der Waals surface area contributed by atoms with Crippen LogP contribution in [-0.2, 0) is 6.54 Å². The fourth-order valence-electron chi connectivity index (χ4n) is 1.64. The Bertz CT molecular complexity index is 325. The number of hydrogen-bond donors (Lipinski definition) is 1. The SMILES string of the molecule is CC(O)CN(Cc1ccccc1Cl)C(C)C. The largest absolute Gasteiger partial charge is 0.392 e. The third-order valence-electron chi connectivity index (χ3n) is 2.56. The van der Waals surface area contributed by atoms with E-state index in [4.69, 9.17) is 11.6 Å². The van der Waals surface area contributed by atoms with Gasteiger partial charge in [-0.25, -0.2) is 0 Å². The van der Waals surface area contributed by atoms with Crippen molar-refractivity contribution in [1.82, 2.24) is 4.90 Å². The molecule has 0 aliphatic rings. The molecule has 0 amide bonds. The summed E-state index contributed by atoms with van der Waals surface area (Å²) >= 11 is 6.12. The van der Waals surface area contributed by atoms with Gasteiger partial charge in [0, 0.05) is 24.2 Å². The van der Waals surface area contributed by atoms with Gasteiger partial charge in [0.25, 0.3) is 0 Å². The van der Waals surface area contributed by atoms with E-state index < -0.39 is 0 Å². The molecule has 0 saturated heterocycles. The van der Waals surface area contributed by atoms with Crippen molar-refractivity contribution in [2.45, 2.75) is 39.5 Å². The predicted octanol–water partition coefficient (Wildman–Crippen LogP) is 2.93. The first-order valence-corrected chi connectivity index (χ1v) is 6.04. The molecule has 1 atom stereocenters. The van der Waals surface area contributed by atoms with Crippen LogP contribution in [0.2, 0.25) is 5.02 Å². The molecule has 0 bridgehead atoms. The molecule has 0 radical (unpaired) electrons. The lowest BCUT2D eigenvalue weighted by Gasteiger charge is -2.28. The van der Waals surface area contributed by atoms with E-state index in [0.29, 0.717) is 12.6 Å². The second kappa shape index (κ2) is 6.24. The van der Waals surface area contributed by atoms with Gasteiger partial charge in [0.2, 0.25) is 0 Å². The number of aliphatic hydroxyl groups is 1. The summed E-state index contributed by atoms with van der Waals surface area (Å²) in [5.41, 5.74) is 1.11. The van der Waals surface area contributed by atoms with Gasteiger partial charge in [-0.1, -0.05) is 29.8 Å². The maximum absolute atomic E-state index is 9.44. The summed E-state index contributed by atoms with van der Waals surface area (Å²) in [6, 6.07) is 8.24. The van der Waals surface area contributed by atoms with Crippen LogP contribution in [0.25, 0.3) is 0 Å². The molecule has 16 heavy (non-hydrogen) atoms. The quantitative estimate of drug-likeness (QED) is 0.857. The van der Waals surface area contributed by atoms with Crippen molar-refractivity contribution < 1.29 is 5.11 Å². The molecular weight excluding hydrogens is 222 g/mol. The maximum atomic E-state index is 9.44. The van der Waals surface area contributed by atoms with Crippen LogP contribution >= 0.6 is 11.6 Å². The van der Waals surface area contributed by atoms with Gasteiger partial charge in [-0.2, -0.15) is 0 Å². The molecule has 90 valence electrons. The van der Waals surface area contributed by atoms with Gasteiger partial charge in [-0.3, -0.25) is 4.90 Å². The predicted molar refractivity (Wildman–Crippen MR) is 68.7 cm³/mol.